The summed E-state index contributed by atoms with van der Waals surface area (Å²) in [6, 6.07) is 1.95. The molecule has 0 fully saturated rings. The SMILES string of the molecule is C.C.COC(=O)C(=O)Cl.COC(=O)C(=O)c1c[nH]c2c(-n3cnc(C)n3)ncc(OC)c12.COc1cnc(-n2cnc(C)n2)c2[nH]cc(C(=O)C(=O)O)c12.COc1cnc(-n2cnc(C)n2)c2[nH]ccc12.[Cl][Al]([Cl])[Cl]. The predicted molar refractivity (Wildman–Crippen MR) is 275 cm³/mol. The minimum Gasteiger partial charge on any atom is -0.494 e. The third-order valence-corrected chi connectivity index (χ3v) is 9.53. The summed E-state index contributed by atoms with van der Waals surface area (Å²) in [7, 11) is 21.6. The second kappa shape index (κ2) is 27.9. The molecule has 4 N–H and O–H groups in total. The number of carbonyl (C=O) groups excluding carboxylic acids is 5. The molecule has 0 aliphatic carbocycles. The van der Waals surface area contributed by atoms with Crippen molar-refractivity contribution in [3.05, 3.63) is 90.8 Å². The number of aromatic amines is 3. The number of hydrogen-bond donors (Lipinski definition) is 4. The van der Waals surface area contributed by atoms with Crippen LogP contribution in [0.3, 0.4) is 0 Å². The Balaban J connectivity index is 0.000000268. The van der Waals surface area contributed by atoms with Crippen LogP contribution in [-0.2, 0) is 28.7 Å². The molecular weight excluding hydrogens is 1090 g/mol. The van der Waals surface area contributed by atoms with Crippen molar-refractivity contribution < 1.29 is 57.6 Å². The molecule has 0 unspecified atom stereocenters. The molecule has 0 radical (unpaired) electrons. The topological polar surface area (TPSA) is 347 Å². The number of esters is 2. The zero-order chi connectivity index (χ0) is 53.7. The van der Waals surface area contributed by atoms with Gasteiger partial charge >= 0.3 is 34.5 Å². The van der Waals surface area contributed by atoms with Crippen LogP contribution in [0.4, 0.5) is 0 Å². The monoisotopic (exact) mass is 1130 g/mol. The van der Waals surface area contributed by atoms with E-state index in [0.717, 1.165) is 30.9 Å². The van der Waals surface area contributed by atoms with Gasteiger partial charge in [0.25, 0.3) is 11.6 Å². The number of methoxy groups -OCH3 is 5. The second-order valence-corrected chi connectivity index (χ2v) is 20.6. The maximum atomic E-state index is 12.2. The zero-order valence-corrected chi connectivity index (χ0v) is 43.3. The maximum Gasteiger partial charge on any atom is 0.643 e. The average Bonchev–Trinajstić information content (AvgIpc) is 4.26. The Hall–Kier alpha value is -8.00. The number of Topliss-reactive ketones (excluding diaryl/α,β-unsaturated/α-hetero) is 2. The summed E-state index contributed by atoms with van der Waals surface area (Å²) in [5, 5.41) is 22.2. The summed E-state index contributed by atoms with van der Waals surface area (Å²) in [6.45, 7) is 5.31. The quantitative estimate of drug-likeness (QED) is 0.0385. The third-order valence-electron chi connectivity index (χ3n) is 9.38. The molecule has 0 aromatic carbocycles. The number of aliphatic carboxylic acids is 1. The van der Waals surface area contributed by atoms with Crippen molar-refractivity contribution in [2.45, 2.75) is 35.6 Å². The van der Waals surface area contributed by atoms with Crippen molar-refractivity contribution in [1.29, 1.82) is 0 Å². The molecule has 27 nitrogen and oxygen atoms in total. The van der Waals surface area contributed by atoms with Gasteiger partial charge in [-0.15, -0.1) is 0 Å². The zero-order valence-electron chi connectivity index (χ0n) is 39.2. The van der Waals surface area contributed by atoms with E-state index in [1.807, 2.05) is 19.2 Å². The second-order valence-electron chi connectivity index (χ2n) is 13.8. The number of hydrogen-bond acceptors (Lipinski definition) is 20. The van der Waals surface area contributed by atoms with Gasteiger partial charge < -0.3 is 43.7 Å². The molecule has 9 heterocycles. The number of rotatable bonds is 11. The van der Waals surface area contributed by atoms with Crippen LogP contribution in [0.25, 0.3) is 50.2 Å². The van der Waals surface area contributed by atoms with E-state index in [1.165, 1.54) is 61.0 Å². The fraction of sp³-hybridized carbons (Fsp3) is 0.233. The first-order valence-electron chi connectivity index (χ1n) is 20.1. The molecular formula is C43H46AlCl4N15O12. The molecule has 0 spiro atoms. The molecule has 0 aliphatic rings. The number of nitrogens with one attached hydrogen (secondary N) is 3. The van der Waals surface area contributed by atoms with Crippen LogP contribution in [0.2, 0.25) is 0 Å². The van der Waals surface area contributed by atoms with Gasteiger partial charge in [0.15, 0.2) is 17.5 Å². The van der Waals surface area contributed by atoms with Gasteiger partial charge in [0, 0.05) is 24.0 Å². The molecule has 0 saturated heterocycles. The van der Waals surface area contributed by atoms with Crippen LogP contribution in [0.15, 0.2) is 62.2 Å². The molecule has 0 amide bonds. The lowest BCUT2D eigenvalue weighted by atomic mass is 10.1. The Labute approximate surface area is 446 Å². The predicted octanol–water partition coefficient (Wildman–Crippen LogP) is 5.89. The molecule has 9 aromatic heterocycles. The average molecular weight is 1130 g/mol. The number of aryl methyl sites for hydroxylation is 3. The van der Waals surface area contributed by atoms with Gasteiger partial charge in [-0.25, -0.2) is 88.5 Å². The van der Waals surface area contributed by atoms with Crippen LogP contribution >= 0.6 is 41.7 Å². The molecule has 9 rings (SSSR count). The normalized spacial score (nSPS) is 10.0. The highest BCUT2D eigenvalue weighted by Crippen LogP contribution is 2.33. The highest BCUT2D eigenvalue weighted by molar-refractivity contribution is 7.54. The largest absolute Gasteiger partial charge is 0.643 e. The number of pyridine rings is 3. The van der Waals surface area contributed by atoms with Crippen molar-refractivity contribution in [2.75, 3.05) is 35.5 Å². The van der Waals surface area contributed by atoms with Crippen LogP contribution in [-0.4, -0.2) is 161 Å². The Morgan fingerprint density at radius 1 is 0.560 bits per heavy atom. The van der Waals surface area contributed by atoms with E-state index in [2.05, 4.69) is 81.2 Å². The van der Waals surface area contributed by atoms with Gasteiger partial charge in [-0.2, -0.15) is 15.3 Å². The van der Waals surface area contributed by atoms with Crippen LogP contribution < -0.4 is 14.2 Å². The van der Waals surface area contributed by atoms with Crippen molar-refractivity contribution in [2.24, 2.45) is 0 Å². The Kier molecular flexibility index (Phi) is 22.8. The first-order valence-corrected chi connectivity index (χ1v) is 25.8. The van der Waals surface area contributed by atoms with E-state index >= 15 is 0 Å². The van der Waals surface area contributed by atoms with E-state index in [1.54, 1.807) is 38.2 Å². The summed E-state index contributed by atoms with van der Waals surface area (Å²) in [5.74, 6) is -0.562. The molecule has 0 atom stereocenters. The fourth-order valence-corrected chi connectivity index (χ4v) is 6.39. The lowest BCUT2D eigenvalue weighted by Crippen LogP contribution is -2.15. The number of carboxylic acid groups (broad SMARTS) is 1. The van der Waals surface area contributed by atoms with Crippen molar-refractivity contribution in [3.8, 4) is 34.7 Å². The minimum absolute atomic E-state index is 0. The van der Waals surface area contributed by atoms with Crippen molar-refractivity contribution >= 4 is 121 Å². The number of carbonyl (C=O) groups is 6. The molecule has 396 valence electrons. The highest BCUT2D eigenvalue weighted by Gasteiger charge is 2.26. The third kappa shape index (κ3) is 14.6. The van der Waals surface area contributed by atoms with Gasteiger partial charge in [-0.3, -0.25) is 14.4 Å². The summed E-state index contributed by atoms with van der Waals surface area (Å²) < 4.78 is 28.6. The number of halogens is 4. The standard InChI is InChI=1S/C14H13N5O4.C13H11N5O4.C11H11N5O.C3H3ClO3.2CH4.Al.3ClH/c1-7-17-6-19(18-7)13-11-10(9(22-2)5-16-13)8(4-15-11)12(20)14(21)23-3;1-6-16-5-18(17-6)12-10-9(8(22-2)4-15-12)7(3-14-10)11(19)13(20)21;1-7-14-6-16(15-7)11-10-8(3-4-12-10)9(17-2)5-13-11;1-7-3(6)2(4)5;;;;;;/h4-6,15H,1-3H3;3-5,14H,1-2H3,(H,20,21);3-6,12H,1-2H3;1H3;2*1H4;;3*1H/q;;;;;;+3;;;/p-3. The van der Waals surface area contributed by atoms with E-state index in [4.69, 9.17) is 49.5 Å². The van der Waals surface area contributed by atoms with Gasteiger partial charge in [0.1, 0.15) is 53.7 Å². The first kappa shape index (κ1) is 61.3. The Bertz CT molecular complexity index is 3460. The number of carboxylic acids is 1. The number of fused-ring (bicyclic) bond motifs is 3. The number of ether oxygens (including phenoxy) is 5. The fourth-order valence-electron chi connectivity index (χ4n) is 6.32. The summed E-state index contributed by atoms with van der Waals surface area (Å²) >= 11 is 2.89. The molecule has 0 bridgehead atoms. The van der Waals surface area contributed by atoms with E-state index in [0.29, 0.717) is 68.2 Å². The number of nitrogens with zero attached hydrogens (tertiary/aromatic N) is 12. The van der Waals surface area contributed by atoms with Crippen LogP contribution in [0.1, 0.15) is 53.0 Å². The molecule has 9 aromatic rings. The number of aromatic nitrogens is 15. The number of H-pyrrole nitrogens is 3. The lowest BCUT2D eigenvalue weighted by Gasteiger charge is -2.07. The Morgan fingerprint density at radius 2 is 0.933 bits per heavy atom. The van der Waals surface area contributed by atoms with Gasteiger partial charge in [0.2, 0.25) is 0 Å². The van der Waals surface area contributed by atoms with Crippen LogP contribution in [0.5, 0.6) is 17.2 Å². The summed E-state index contributed by atoms with van der Waals surface area (Å²) in [5.41, 5.74) is 1.97. The highest BCUT2D eigenvalue weighted by atomic mass is 35.8. The van der Waals surface area contributed by atoms with Crippen molar-refractivity contribution in [3.63, 3.8) is 0 Å². The van der Waals surface area contributed by atoms with Crippen molar-refractivity contribution in [1.82, 2.24) is 74.2 Å². The van der Waals surface area contributed by atoms with E-state index < -0.39 is 46.1 Å². The van der Waals surface area contributed by atoms with Gasteiger partial charge in [-0.05, 0) is 38.4 Å². The molecule has 0 saturated carbocycles. The first-order chi connectivity index (χ1) is 34.8. The summed E-state index contributed by atoms with van der Waals surface area (Å²) in [4.78, 5) is 99.9. The molecule has 0 aliphatic heterocycles. The minimum atomic E-state index is -1.72. The van der Waals surface area contributed by atoms with Gasteiger partial charge in [0.05, 0.1) is 92.6 Å². The lowest BCUT2D eigenvalue weighted by molar-refractivity contribution is -0.148. The maximum absolute atomic E-state index is 12.2. The van der Waals surface area contributed by atoms with E-state index in [-0.39, 0.29) is 26.0 Å². The summed E-state index contributed by atoms with van der Waals surface area (Å²) in [6.07, 6.45) is 13.8. The van der Waals surface area contributed by atoms with Crippen LogP contribution in [0, 0.1) is 20.8 Å². The number of ketones is 2. The van der Waals surface area contributed by atoms with E-state index in [9.17, 15) is 28.8 Å². The Morgan fingerprint density at radius 3 is 1.25 bits per heavy atom. The molecule has 75 heavy (non-hydrogen) atoms. The molecule has 32 heteroatoms. The van der Waals surface area contributed by atoms with Gasteiger partial charge in [-0.1, -0.05) is 14.9 Å². The smallest absolute Gasteiger partial charge is 0.494 e.